The van der Waals surface area contributed by atoms with Crippen LogP contribution in [0.25, 0.3) is 11.1 Å². The van der Waals surface area contributed by atoms with Crippen LogP contribution in [0, 0.1) is 5.92 Å². The van der Waals surface area contributed by atoms with Gasteiger partial charge in [-0.1, -0.05) is 42.5 Å². The van der Waals surface area contributed by atoms with Crippen molar-refractivity contribution in [3.05, 3.63) is 84.3 Å². The lowest BCUT2D eigenvalue weighted by molar-refractivity contribution is 0.0930. The second-order valence-corrected chi connectivity index (χ2v) is 7.53. The van der Waals surface area contributed by atoms with Gasteiger partial charge in [0.25, 0.3) is 5.91 Å². The topological polar surface area (TPSA) is 45.5 Å². The molecule has 1 fully saturated rings. The average Bonchev–Trinajstić information content (AvgIpc) is 3.26. The lowest BCUT2D eigenvalue weighted by Crippen LogP contribution is -2.40. The van der Waals surface area contributed by atoms with Crippen molar-refractivity contribution in [1.29, 1.82) is 0 Å². The molecule has 4 heteroatoms. The average molecular weight is 374 g/mol. The summed E-state index contributed by atoms with van der Waals surface area (Å²) in [4.78, 5) is 15.0. The van der Waals surface area contributed by atoms with E-state index in [9.17, 15) is 4.79 Å². The summed E-state index contributed by atoms with van der Waals surface area (Å²) >= 11 is 0. The van der Waals surface area contributed by atoms with E-state index in [0.29, 0.717) is 11.5 Å². The van der Waals surface area contributed by atoms with Crippen LogP contribution in [0.3, 0.4) is 0 Å². The summed E-state index contributed by atoms with van der Waals surface area (Å²) in [5.74, 6) is 0.500. The molecule has 0 radical (unpaired) electrons. The van der Waals surface area contributed by atoms with E-state index in [1.54, 1.807) is 6.26 Å². The van der Waals surface area contributed by atoms with Gasteiger partial charge in [-0.3, -0.25) is 9.69 Å². The van der Waals surface area contributed by atoms with Crippen LogP contribution in [0.1, 0.15) is 28.8 Å². The van der Waals surface area contributed by atoms with Crippen LogP contribution in [0.5, 0.6) is 0 Å². The van der Waals surface area contributed by atoms with Crippen LogP contribution >= 0.6 is 0 Å². The number of nitrogens with one attached hydrogen (secondary N) is 1. The van der Waals surface area contributed by atoms with Gasteiger partial charge in [0, 0.05) is 30.8 Å². The van der Waals surface area contributed by atoms with E-state index in [4.69, 9.17) is 4.42 Å². The van der Waals surface area contributed by atoms with E-state index in [2.05, 4.69) is 22.3 Å². The van der Waals surface area contributed by atoms with Crippen molar-refractivity contribution < 1.29 is 9.21 Å². The first-order chi connectivity index (χ1) is 13.8. The molecule has 1 N–H and O–H groups in total. The number of carbonyl (C=O) groups excluding carboxylic acids is 1. The van der Waals surface area contributed by atoms with Crippen LogP contribution in [0.4, 0.5) is 0 Å². The molecule has 1 aromatic heterocycles. The Labute approximate surface area is 166 Å². The van der Waals surface area contributed by atoms with Crippen molar-refractivity contribution in [1.82, 2.24) is 10.2 Å². The minimum absolute atomic E-state index is 0.00608. The molecule has 0 saturated carbocycles. The first-order valence-electron chi connectivity index (χ1n) is 9.95. The Kier molecular flexibility index (Phi) is 5.88. The first-order valence-corrected chi connectivity index (χ1v) is 9.95. The second kappa shape index (κ2) is 8.89. The molecule has 1 saturated heterocycles. The van der Waals surface area contributed by atoms with Crippen LogP contribution in [-0.4, -0.2) is 30.4 Å². The molecule has 1 amide bonds. The van der Waals surface area contributed by atoms with Gasteiger partial charge in [-0.2, -0.15) is 0 Å². The third-order valence-electron chi connectivity index (χ3n) is 5.39. The van der Waals surface area contributed by atoms with Crippen molar-refractivity contribution in [2.24, 2.45) is 5.92 Å². The minimum atomic E-state index is 0.00608. The first kappa shape index (κ1) is 18.5. The van der Waals surface area contributed by atoms with Crippen LogP contribution < -0.4 is 5.32 Å². The standard InChI is InChI=1S/C24H26N2O2/c27-24(23-10-8-22(9-11-23)21-6-2-1-3-7-21)25-15-19-5-4-13-26(16-19)17-20-12-14-28-18-20/h1-3,6-12,14,18-19H,4-5,13,15-17H2,(H,25,27)/t19-/m0/s1. The van der Waals surface area contributed by atoms with E-state index < -0.39 is 0 Å². The fourth-order valence-electron chi connectivity index (χ4n) is 3.89. The SMILES string of the molecule is O=C(NC[C@@H]1CCCN(Cc2ccoc2)C1)c1ccc(-c2ccccc2)cc1. The number of nitrogens with zero attached hydrogens (tertiary/aromatic N) is 1. The molecular weight excluding hydrogens is 348 g/mol. The fourth-order valence-corrected chi connectivity index (χ4v) is 3.89. The van der Waals surface area contributed by atoms with Gasteiger partial charge in [-0.15, -0.1) is 0 Å². The van der Waals surface area contributed by atoms with Crippen molar-refractivity contribution in [3.8, 4) is 11.1 Å². The third kappa shape index (κ3) is 4.70. The normalized spacial score (nSPS) is 17.4. The summed E-state index contributed by atoms with van der Waals surface area (Å²) < 4.78 is 5.16. The highest BCUT2D eigenvalue weighted by atomic mass is 16.3. The molecule has 0 unspecified atom stereocenters. The molecule has 144 valence electrons. The van der Waals surface area contributed by atoms with Crippen molar-refractivity contribution in [2.45, 2.75) is 19.4 Å². The number of likely N-dealkylation sites (tertiary alicyclic amines) is 1. The largest absolute Gasteiger partial charge is 0.472 e. The summed E-state index contributed by atoms with van der Waals surface area (Å²) in [6.45, 7) is 3.76. The highest BCUT2D eigenvalue weighted by Crippen LogP contribution is 2.20. The maximum Gasteiger partial charge on any atom is 0.251 e. The molecule has 3 aromatic rings. The number of carbonyl (C=O) groups is 1. The summed E-state index contributed by atoms with van der Waals surface area (Å²) in [5.41, 5.74) is 4.21. The lowest BCUT2D eigenvalue weighted by Gasteiger charge is -2.32. The van der Waals surface area contributed by atoms with Gasteiger partial charge in [-0.25, -0.2) is 0 Å². The number of hydrogen-bond acceptors (Lipinski definition) is 3. The van der Waals surface area contributed by atoms with E-state index in [0.717, 1.165) is 43.7 Å². The predicted molar refractivity (Wildman–Crippen MR) is 111 cm³/mol. The van der Waals surface area contributed by atoms with Gasteiger partial charge in [0.05, 0.1) is 12.5 Å². The maximum absolute atomic E-state index is 12.5. The Balaban J connectivity index is 1.29. The number of furan rings is 1. The molecule has 1 aliphatic rings. The zero-order chi connectivity index (χ0) is 19.2. The number of hydrogen-bond donors (Lipinski definition) is 1. The Morgan fingerprint density at radius 2 is 1.82 bits per heavy atom. The molecule has 2 aromatic carbocycles. The van der Waals surface area contributed by atoms with Crippen LogP contribution in [0.2, 0.25) is 0 Å². The highest BCUT2D eigenvalue weighted by molar-refractivity contribution is 5.94. The molecule has 1 atom stereocenters. The molecule has 0 aliphatic carbocycles. The zero-order valence-electron chi connectivity index (χ0n) is 16.0. The van der Waals surface area contributed by atoms with Gasteiger partial charge in [0.1, 0.15) is 0 Å². The fraction of sp³-hybridized carbons (Fsp3) is 0.292. The Morgan fingerprint density at radius 3 is 2.57 bits per heavy atom. The van der Waals surface area contributed by atoms with E-state index >= 15 is 0 Å². The molecule has 4 nitrogen and oxygen atoms in total. The van der Waals surface area contributed by atoms with E-state index in [1.807, 2.05) is 54.8 Å². The second-order valence-electron chi connectivity index (χ2n) is 7.53. The smallest absolute Gasteiger partial charge is 0.251 e. The van der Waals surface area contributed by atoms with Gasteiger partial charge in [0.2, 0.25) is 0 Å². The highest BCUT2D eigenvalue weighted by Gasteiger charge is 2.21. The number of benzene rings is 2. The number of amides is 1. The minimum Gasteiger partial charge on any atom is -0.472 e. The molecule has 1 aliphatic heterocycles. The lowest BCUT2D eigenvalue weighted by atomic mass is 9.97. The number of rotatable bonds is 6. The maximum atomic E-state index is 12.5. The monoisotopic (exact) mass is 374 g/mol. The molecule has 0 spiro atoms. The Hall–Kier alpha value is -2.85. The molecule has 4 rings (SSSR count). The molecular formula is C24H26N2O2. The Bertz CT molecular complexity index is 873. The summed E-state index contributed by atoms with van der Waals surface area (Å²) in [6.07, 6.45) is 5.86. The Morgan fingerprint density at radius 1 is 1.04 bits per heavy atom. The summed E-state index contributed by atoms with van der Waals surface area (Å²) in [7, 11) is 0. The predicted octanol–water partition coefficient (Wildman–Crippen LogP) is 4.59. The molecule has 0 bridgehead atoms. The van der Waals surface area contributed by atoms with Gasteiger partial charge < -0.3 is 9.73 Å². The number of piperidine rings is 1. The van der Waals surface area contributed by atoms with Crippen LogP contribution in [0.15, 0.2) is 77.6 Å². The van der Waals surface area contributed by atoms with E-state index in [-0.39, 0.29) is 5.91 Å². The summed E-state index contributed by atoms with van der Waals surface area (Å²) in [6, 6.07) is 20.1. The van der Waals surface area contributed by atoms with Crippen molar-refractivity contribution in [3.63, 3.8) is 0 Å². The van der Waals surface area contributed by atoms with E-state index in [1.165, 1.54) is 12.0 Å². The molecule has 2 heterocycles. The third-order valence-corrected chi connectivity index (χ3v) is 5.39. The van der Waals surface area contributed by atoms with Crippen molar-refractivity contribution >= 4 is 5.91 Å². The summed E-state index contributed by atoms with van der Waals surface area (Å²) in [5, 5.41) is 3.12. The van der Waals surface area contributed by atoms with Crippen LogP contribution in [-0.2, 0) is 6.54 Å². The van der Waals surface area contributed by atoms with Gasteiger partial charge in [0.15, 0.2) is 0 Å². The van der Waals surface area contributed by atoms with Gasteiger partial charge >= 0.3 is 0 Å². The zero-order valence-corrected chi connectivity index (χ0v) is 16.0. The van der Waals surface area contributed by atoms with Crippen molar-refractivity contribution in [2.75, 3.05) is 19.6 Å². The quantitative estimate of drug-likeness (QED) is 0.686. The van der Waals surface area contributed by atoms with Gasteiger partial charge in [-0.05, 0) is 54.6 Å². The molecule has 28 heavy (non-hydrogen) atoms.